The number of nitrogens with one attached hydrogen (secondary N) is 2. The summed E-state index contributed by atoms with van der Waals surface area (Å²) in [5, 5.41) is 10.9. The Morgan fingerprint density at radius 3 is 2.64 bits per heavy atom. The molecule has 0 aliphatic carbocycles. The van der Waals surface area contributed by atoms with Crippen LogP contribution in [0.5, 0.6) is 0 Å². The first-order chi connectivity index (χ1) is 12.0. The SMILES string of the molecule is Cc1ccc2[nH]nc(C(=O)NCCCc3ccc(N(C)C)cc3)c2c1. The summed E-state index contributed by atoms with van der Waals surface area (Å²) in [5.74, 6) is -0.125. The number of benzene rings is 2. The van der Waals surface area contributed by atoms with Gasteiger partial charge in [-0.05, 0) is 49.6 Å². The van der Waals surface area contributed by atoms with Crippen LogP contribution < -0.4 is 10.2 Å². The molecule has 0 bridgehead atoms. The quantitative estimate of drug-likeness (QED) is 0.679. The zero-order valence-corrected chi connectivity index (χ0v) is 15.0. The predicted molar refractivity (Wildman–Crippen MR) is 102 cm³/mol. The molecule has 2 aromatic carbocycles. The lowest BCUT2D eigenvalue weighted by molar-refractivity contribution is 0.0950. The molecule has 5 nitrogen and oxygen atoms in total. The van der Waals surface area contributed by atoms with E-state index in [2.05, 4.69) is 44.7 Å². The minimum absolute atomic E-state index is 0.125. The maximum Gasteiger partial charge on any atom is 0.272 e. The van der Waals surface area contributed by atoms with E-state index in [9.17, 15) is 4.79 Å². The van der Waals surface area contributed by atoms with Crippen LogP contribution in [0.3, 0.4) is 0 Å². The van der Waals surface area contributed by atoms with Crippen molar-refractivity contribution in [2.45, 2.75) is 19.8 Å². The van der Waals surface area contributed by atoms with Gasteiger partial charge in [0, 0.05) is 31.7 Å². The number of anilines is 1. The number of amides is 1. The van der Waals surface area contributed by atoms with Gasteiger partial charge in [0.1, 0.15) is 0 Å². The highest BCUT2D eigenvalue weighted by Gasteiger charge is 2.13. The van der Waals surface area contributed by atoms with Crippen LogP contribution >= 0.6 is 0 Å². The zero-order chi connectivity index (χ0) is 17.8. The largest absolute Gasteiger partial charge is 0.378 e. The molecule has 0 unspecified atom stereocenters. The summed E-state index contributed by atoms with van der Waals surface area (Å²) in [5.41, 5.74) is 4.94. The zero-order valence-electron chi connectivity index (χ0n) is 15.0. The Hall–Kier alpha value is -2.82. The van der Waals surface area contributed by atoms with E-state index in [0.29, 0.717) is 12.2 Å². The van der Waals surface area contributed by atoms with E-state index >= 15 is 0 Å². The molecule has 5 heteroatoms. The lowest BCUT2D eigenvalue weighted by atomic mass is 10.1. The van der Waals surface area contributed by atoms with Crippen molar-refractivity contribution in [1.82, 2.24) is 15.5 Å². The molecule has 0 radical (unpaired) electrons. The molecule has 0 saturated heterocycles. The average Bonchev–Trinajstić information content (AvgIpc) is 3.02. The molecule has 3 aromatic rings. The van der Waals surface area contributed by atoms with Gasteiger partial charge in [-0.3, -0.25) is 9.89 Å². The van der Waals surface area contributed by atoms with E-state index in [-0.39, 0.29) is 5.91 Å². The fraction of sp³-hybridized carbons (Fsp3) is 0.300. The fourth-order valence-corrected chi connectivity index (χ4v) is 2.84. The molecular weight excluding hydrogens is 312 g/mol. The smallest absolute Gasteiger partial charge is 0.272 e. The molecule has 3 rings (SSSR count). The van der Waals surface area contributed by atoms with E-state index in [1.165, 1.54) is 11.3 Å². The fourth-order valence-electron chi connectivity index (χ4n) is 2.84. The second kappa shape index (κ2) is 7.38. The number of aromatic nitrogens is 2. The maximum absolute atomic E-state index is 12.4. The normalized spacial score (nSPS) is 10.8. The third-order valence-corrected chi connectivity index (χ3v) is 4.31. The lowest BCUT2D eigenvalue weighted by Crippen LogP contribution is -2.25. The number of hydrogen-bond acceptors (Lipinski definition) is 3. The van der Waals surface area contributed by atoms with Crippen molar-refractivity contribution in [2.75, 3.05) is 25.5 Å². The molecule has 1 aromatic heterocycles. The molecule has 0 aliphatic heterocycles. The summed E-state index contributed by atoms with van der Waals surface area (Å²) in [6.45, 7) is 2.64. The molecule has 0 fully saturated rings. The van der Waals surface area contributed by atoms with Gasteiger partial charge in [-0.2, -0.15) is 5.10 Å². The first kappa shape index (κ1) is 17.0. The van der Waals surface area contributed by atoms with Crippen molar-refractivity contribution in [2.24, 2.45) is 0 Å². The predicted octanol–water partition coefficient (Wildman–Crippen LogP) is 3.30. The second-order valence-corrected chi connectivity index (χ2v) is 6.54. The summed E-state index contributed by atoms with van der Waals surface area (Å²) in [4.78, 5) is 14.4. The summed E-state index contributed by atoms with van der Waals surface area (Å²) < 4.78 is 0. The number of nitrogens with zero attached hydrogens (tertiary/aromatic N) is 2. The molecule has 1 amide bonds. The number of rotatable bonds is 6. The lowest BCUT2D eigenvalue weighted by Gasteiger charge is -2.12. The molecule has 25 heavy (non-hydrogen) atoms. The van der Waals surface area contributed by atoms with E-state index in [1.54, 1.807) is 0 Å². The highest BCUT2D eigenvalue weighted by atomic mass is 16.1. The van der Waals surface area contributed by atoms with E-state index in [1.807, 2.05) is 39.2 Å². The van der Waals surface area contributed by atoms with Gasteiger partial charge in [0.25, 0.3) is 5.91 Å². The van der Waals surface area contributed by atoms with Crippen molar-refractivity contribution in [3.8, 4) is 0 Å². The van der Waals surface area contributed by atoms with Crippen molar-refractivity contribution in [1.29, 1.82) is 0 Å². The number of aryl methyl sites for hydroxylation is 2. The molecule has 0 aliphatic rings. The highest BCUT2D eigenvalue weighted by Crippen LogP contribution is 2.17. The molecule has 0 spiro atoms. The van der Waals surface area contributed by atoms with E-state index < -0.39 is 0 Å². The van der Waals surface area contributed by atoms with Crippen LogP contribution in [0.25, 0.3) is 10.9 Å². The molecule has 0 saturated carbocycles. The summed E-state index contributed by atoms with van der Waals surface area (Å²) >= 11 is 0. The maximum atomic E-state index is 12.4. The standard InChI is InChI=1S/C20H24N4O/c1-14-6-11-18-17(13-14)19(23-22-18)20(25)21-12-4-5-15-7-9-16(10-8-15)24(2)3/h6-11,13H,4-5,12H2,1-3H3,(H,21,25)(H,22,23). The van der Waals surface area contributed by atoms with Crippen molar-refractivity contribution < 1.29 is 4.79 Å². The molecule has 2 N–H and O–H groups in total. The van der Waals surface area contributed by atoms with Gasteiger partial charge in [0.2, 0.25) is 0 Å². The molecule has 130 valence electrons. The van der Waals surface area contributed by atoms with Gasteiger partial charge in [-0.1, -0.05) is 23.8 Å². The minimum Gasteiger partial charge on any atom is -0.378 e. The van der Waals surface area contributed by atoms with Gasteiger partial charge in [0.15, 0.2) is 5.69 Å². The number of carbonyl (C=O) groups is 1. The average molecular weight is 336 g/mol. The van der Waals surface area contributed by atoms with Crippen LogP contribution in [-0.2, 0) is 6.42 Å². The Morgan fingerprint density at radius 1 is 1.16 bits per heavy atom. The van der Waals surface area contributed by atoms with Crippen LogP contribution in [-0.4, -0.2) is 36.7 Å². The number of H-pyrrole nitrogens is 1. The highest BCUT2D eigenvalue weighted by molar-refractivity contribution is 6.04. The monoisotopic (exact) mass is 336 g/mol. The van der Waals surface area contributed by atoms with Crippen LogP contribution in [0.15, 0.2) is 42.5 Å². The minimum atomic E-state index is -0.125. The van der Waals surface area contributed by atoms with Crippen molar-refractivity contribution in [3.63, 3.8) is 0 Å². The van der Waals surface area contributed by atoms with Gasteiger partial charge in [-0.25, -0.2) is 0 Å². The molecular formula is C20H24N4O. The number of hydrogen-bond donors (Lipinski definition) is 2. The first-order valence-corrected chi connectivity index (χ1v) is 8.54. The Kier molecular flexibility index (Phi) is 5.03. The van der Waals surface area contributed by atoms with Crippen molar-refractivity contribution in [3.05, 3.63) is 59.3 Å². The van der Waals surface area contributed by atoms with Crippen LogP contribution in [0, 0.1) is 6.92 Å². The first-order valence-electron chi connectivity index (χ1n) is 8.54. The Balaban J connectivity index is 1.53. The third kappa shape index (κ3) is 3.99. The van der Waals surface area contributed by atoms with Gasteiger partial charge < -0.3 is 10.2 Å². The summed E-state index contributed by atoms with van der Waals surface area (Å²) in [6, 6.07) is 14.5. The van der Waals surface area contributed by atoms with Crippen molar-refractivity contribution >= 4 is 22.5 Å². The van der Waals surface area contributed by atoms with Crippen LogP contribution in [0.2, 0.25) is 0 Å². The van der Waals surface area contributed by atoms with Crippen LogP contribution in [0.1, 0.15) is 28.0 Å². The Morgan fingerprint density at radius 2 is 1.92 bits per heavy atom. The number of fused-ring (bicyclic) bond motifs is 1. The molecule has 0 atom stereocenters. The summed E-state index contributed by atoms with van der Waals surface area (Å²) in [7, 11) is 4.07. The third-order valence-electron chi connectivity index (χ3n) is 4.31. The topological polar surface area (TPSA) is 61.0 Å². The number of carbonyl (C=O) groups excluding carboxylic acids is 1. The summed E-state index contributed by atoms with van der Waals surface area (Å²) in [6.07, 6.45) is 1.84. The van der Waals surface area contributed by atoms with Gasteiger partial charge >= 0.3 is 0 Å². The van der Waals surface area contributed by atoms with E-state index in [4.69, 9.17) is 0 Å². The van der Waals surface area contributed by atoms with E-state index in [0.717, 1.165) is 29.3 Å². The van der Waals surface area contributed by atoms with Gasteiger partial charge in [0.05, 0.1) is 5.52 Å². The Bertz CT molecular complexity index is 865. The Labute approximate surface area is 148 Å². The second-order valence-electron chi connectivity index (χ2n) is 6.54. The number of aromatic amines is 1. The van der Waals surface area contributed by atoms with Crippen LogP contribution in [0.4, 0.5) is 5.69 Å². The molecule has 1 heterocycles. The van der Waals surface area contributed by atoms with Gasteiger partial charge in [-0.15, -0.1) is 0 Å².